The summed E-state index contributed by atoms with van der Waals surface area (Å²) in [5.41, 5.74) is 21.1. The Bertz CT molecular complexity index is 8920. The van der Waals surface area contributed by atoms with Crippen molar-refractivity contribution >= 4 is 214 Å². The number of nitrogens with zero attached hydrogens (tertiary/aromatic N) is 3. The lowest BCUT2D eigenvalue weighted by atomic mass is 9.95. The summed E-state index contributed by atoms with van der Waals surface area (Å²) < 4.78 is 15.5. The maximum Gasteiger partial charge on any atom is 0.0726 e. The van der Waals surface area contributed by atoms with E-state index in [1.54, 1.807) is 0 Å². The van der Waals surface area contributed by atoms with Crippen molar-refractivity contribution in [2.24, 2.45) is 0 Å². The molecule has 0 N–H and O–H groups in total. The normalized spacial score (nSPS) is 11.9. The Hall–Kier alpha value is -15.0. The molecule has 0 unspecified atom stereocenters. The van der Waals surface area contributed by atoms with Gasteiger partial charge in [0.2, 0.25) is 0 Å². The lowest BCUT2D eigenvalue weighted by Gasteiger charge is -2.10. The molecule has 6 aromatic heterocycles. The van der Waals surface area contributed by atoms with Crippen LogP contribution in [0.25, 0.3) is 241 Å². The fourth-order valence-electron chi connectivity index (χ4n) is 19.9. The zero-order valence-electron chi connectivity index (χ0n) is 66.1. The summed E-state index contributed by atoms with van der Waals surface area (Å²) in [6.07, 6.45) is 0. The third-order valence-corrected chi connectivity index (χ3v) is 28.8. The molecule has 0 saturated carbocycles. The van der Waals surface area contributed by atoms with Crippen LogP contribution in [0.15, 0.2) is 431 Å². The van der Waals surface area contributed by atoms with Crippen LogP contribution >= 0.6 is 34.0 Å². The molecule has 0 fully saturated rings. The van der Waals surface area contributed by atoms with Crippen molar-refractivity contribution in [2.75, 3.05) is 0 Å². The molecule has 0 amide bonds. The van der Waals surface area contributed by atoms with Crippen LogP contribution in [0, 0.1) is 0 Å². The highest BCUT2D eigenvalue weighted by atomic mass is 32.1. The van der Waals surface area contributed by atoms with Crippen LogP contribution in [0.1, 0.15) is 0 Å². The second-order valence-corrected chi connectivity index (χ2v) is 35.1. The van der Waals surface area contributed by atoms with E-state index in [9.17, 15) is 0 Å². The molecule has 0 bridgehead atoms. The lowest BCUT2D eigenvalue weighted by Crippen LogP contribution is -1.93. The minimum absolute atomic E-state index is 1.19. The molecule has 122 heavy (non-hydrogen) atoms. The van der Waals surface area contributed by atoms with Gasteiger partial charge in [-0.3, -0.25) is 0 Å². The van der Waals surface area contributed by atoms with Crippen molar-refractivity contribution in [3.8, 4) is 61.6 Å². The molecule has 0 saturated heterocycles. The third-order valence-electron chi connectivity index (χ3n) is 25.3. The van der Waals surface area contributed by atoms with Gasteiger partial charge in [0, 0.05) is 95.8 Å². The van der Waals surface area contributed by atoms with Crippen LogP contribution in [0.2, 0.25) is 0 Å². The van der Waals surface area contributed by atoms with E-state index in [1.807, 2.05) is 34.0 Å². The minimum atomic E-state index is 1.19. The molecule has 0 atom stereocenters. The van der Waals surface area contributed by atoms with E-state index in [-0.39, 0.29) is 0 Å². The van der Waals surface area contributed by atoms with Crippen LogP contribution in [0.3, 0.4) is 0 Å². The largest absolute Gasteiger partial charge is 0.308 e. The van der Waals surface area contributed by atoms with E-state index < -0.39 is 0 Å². The van der Waals surface area contributed by atoms with Crippen LogP contribution in [-0.4, -0.2) is 13.7 Å². The van der Waals surface area contributed by atoms with Crippen molar-refractivity contribution in [3.63, 3.8) is 0 Å². The number of hydrogen-bond donors (Lipinski definition) is 0. The summed E-state index contributed by atoms with van der Waals surface area (Å²) in [6.45, 7) is 0. The number of para-hydroxylation sites is 3. The fourth-order valence-corrected chi connectivity index (χ4v) is 23.7. The van der Waals surface area contributed by atoms with E-state index in [0.717, 1.165) is 0 Å². The summed E-state index contributed by atoms with van der Waals surface area (Å²) in [5.74, 6) is 0. The van der Waals surface area contributed by atoms with Gasteiger partial charge in [-0.05, 0) is 195 Å². The molecular weight excluding hydrogens is 1530 g/mol. The van der Waals surface area contributed by atoms with Crippen molar-refractivity contribution in [3.05, 3.63) is 431 Å². The van der Waals surface area contributed by atoms with Gasteiger partial charge in [0.1, 0.15) is 0 Å². The average molecular weight is 1600 g/mol. The van der Waals surface area contributed by atoms with Crippen molar-refractivity contribution in [1.29, 1.82) is 0 Å². The Morgan fingerprint density at radius 1 is 0.156 bits per heavy atom. The Labute approximate surface area is 714 Å². The first-order chi connectivity index (χ1) is 60.6. The first-order valence-electron chi connectivity index (χ1n) is 41.8. The van der Waals surface area contributed by atoms with Gasteiger partial charge in [0.25, 0.3) is 0 Å². The van der Waals surface area contributed by atoms with E-state index in [1.165, 1.54) is 241 Å². The highest BCUT2D eigenvalue weighted by Gasteiger charge is 2.27. The fraction of sp³-hybridized carbons (Fsp3) is 0. The highest BCUT2D eigenvalue weighted by Crippen LogP contribution is 2.53. The Kier molecular flexibility index (Phi) is 16.3. The third kappa shape index (κ3) is 11.0. The van der Waals surface area contributed by atoms with E-state index in [2.05, 4.69) is 444 Å². The van der Waals surface area contributed by atoms with Gasteiger partial charge in [-0.15, -0.1) is 34.0 Å². The Balaban J connectivity index is 0.000000101. The van der Waals surface area contributed by atoms with Gasteiger partial charge in [-0.2, -0.15) is 0 Å². The standard InChI is InChI=1S/C40H25NS.2C38H23NS/c1-3-11-26(12-4-1)27-19-21-28(22-20-27)29-23-24-35-34(25-29)37-31-15-7-8-16-32(31)38-33-17-9-10-18-36(33)42-40(38)39(37)41(35)30-13-5-2-6-14-30;1-2-13-26(14-3-1)39-33-22-21-25(28-19-10-12-24-11-4-5-15-27(24)28)23-32(33)35-29-16-6-7-17-30(29)36-31-18-8-9-20-34(31)40-38(36)37(35)39;1-2-12-28(13-3-1)39-33-21-20-27(26-19-18-24-10-4-5-11-25(24)22-26)23-32(33)35-29-14-6-7-15-30(29)36-31-16-8-9-17-34(31)40-38(36)37(35)39/h1-25H;2*1-23H. The number of thiophene rings is 3. The second-order valence-electron chi connectivity index (χ2n) is 32.0. The molecule has 568 valence electrons. The summed E-state index contributed by atoms with van der Waals surface area (Å²) in [6, 6.07) is 157. The molecule has 0 spiro atoms. The number of fused-ring (bicyclic) bond motifs is 32. The predicted octanol–water partition coefficient (Wildman–Crippen LogP) is 33.9. The molecule has 0 aliphatic heterocycles. The monoisotopic (exact) mass is 1600 g/mol. The van der Waals surface area contributed by atoms with Gasteiger partial charge < -0.3 is 13.7 Å². The SMILES string of the molecule is c1ccc(-c2ccc(-c3ccc4c(c3)c3c5ccccc5c5c6ccccc6sc5c3n4-c3ccccc3)cc2)cc1.c1ccc(-n2c3ccc(-c4ccc5ccccc5c4)cc3c3c4ccccc4c4c5ccccc5sc4c32)cc1.c1ccc(-n2c3ccc(-c4cccc5ccccc45)cc3c3c4ccccc4c4c5ccccc5sc4c32)cc1. The molecule has 21 aromatic carbocycles. The van der Waals surface area contributed by atoms with Crippen LogP contribution < -0.4 is 0 Å². The molecule has 0 radical (unpaired) electrons. The van der Waals surface area contributed by atoms with Crippen molar-refractivity contribution in [2.45, 2.75) is 0 Å². The van der Waals surface area contributed by atoms with E-state index in [0.29, 0.717) is 0 Å². The maximum atomic E-state index is 2.49. The summed E-state index contributed by atoms with van der Waals surface area (Å²) >= 11 is 5.73. The molecule has 3 nitrogen and oxygen atoms in total. The summed E-state index contributed by atoms with van der Waals surface area (Å²) in [4.78, 5) is 0. The molecule has 0 aliphatic carbocycles. The molecule has 6 heteroatoms. The first-order valence-corrected chi connectivity index (χ1v) is 44.2. The second kappa shape index (κ2) is 28.3. The average Bonchev–Trinajstić information content (AvgIpc) is 1.50. The number of benzene rings is 21. The zero-order chi connectivity index (χ0) is 80.0. The topological polar surface area (TPSA) is 14.8 Å². The molecule has 27 rings (SSSR count). The lowest BCUT2D eigenvalue weighted by molar-refractivity contribution is 1.19. The minimum Gasteiger partial charge on any atom is -0.308 e. The number of hydrogen-bond acceptors (Lipinski definition) is 3. The van der Waals surface area contributed by atoms with Gasteiger partial charge in [0.15, 0.2) is 0 Å². The first kappa shape index (κ1) is 70.0. The van der Waals surface area contributed by atoms with Gasteiger partial charge in [0.05, 0.1) is 47.2 Å². The van der Waals surface area contributed by atoms with Crippen LogP contribution in [0.4, 0.5) is 0 Å². The van der Waals surface area contributed by atoms with Gasteiger partial charge >= 0.3 is 0 Å². The molecule has 27 aromatic rings. The van der Waals surface area contributed by atoms with E-state index in [4.69, 9.17) is 0 Å². The molecule has 6 heterocycles. The van der Waals surface area contributed by atoms with Crippen LogP contribution in [0.5, 0.6) is 0 Å². The predicted molar refractivity (Wildman–Crippen MR) is 530 cm³/mol. The van der Waals surface area contributed by atoms with Gasteiger partial charge in [-0.1, -0.05) is 334 Å². The zero-order valence-corrected chi connectivity index (χ0v) is 68.5. The number of rotatable bonds is 7. The molecule has 0 aliphatic rings. The Morgan fingerprint density at radius 2 is 0.434 bits per heavy atom. The quantitative estimate of drug-likeness (QED) is 0.151. The molecular formula is C116H71N3S3. The van der Waals surface area contributed by atoms with E-state index >= 15 is 0 Å². The summed E-state index contributed by atoms with van der Waals surface area (Å²) in [5, 5.41) is 28.9. The number of aromatic nitrogens is 3. The highest BCUT2D eigenvalue weighted by molar-refractivity contribution is 7.28. The van der Waals surface area contributed by atoms with Gasteiger partial charge in [-0.25, -0.2) is 0 Å². The van der Waals surface area contributed by atoms with Crippen molar-refractivity contribution in [1.82, 2.24) is 13.7 Å². The maximum absolute atomic E-state index is 2.49. The smallest absolute Gasteiger partial charge is 0.0726 e. The summed E-state index contributed by atoms with van der Waals surface area (Å²) in [7, 11) is 0. The van der Waals surface area contributed by atoms with Crippen LogP contribution in [-0.2, 0) is 0 Å². The Morgan fingerprint density at radius 3 is 0.861 bits per heavy atom. The van der Waals surface area contributed by atoms with Crippen molar-refractivity contribution < 1.29 is 0 Å².